The van der Waals surface area contributed by atoms with Gasteiger partial charge in [0.15, 0.2) is 0 Å². The number of imidazole rings is 1. The minimum absolute atomic E-state index is 0.134. The lowest BCUT2D eigenvalue weighted by molar-refractivity contribution is 0.243. The van der Waals surface area contributed by atoms with Crippen LogP contribution in [0.3, 0.4) is 0 Å². The van der Waals surface area contributed by atoms with Crippen molar-refractivity contribution in [3.63, 3.8) is 0 Å². The van der Waals surface area contributed by atoms with Crippen LogP contribution >= 0.6 is 0 Å². The van der Waals surface area contributed by atoms with Gasteiger partial charge in [0.25, 0.3) is 0 Å². The molecule has 0 aliphatic rings. The zero-order chi connectivity index (χ0) is 9.30. The molecule has 1 N–H and O–H groups in total. The zero-order valence-electron chi connectivity index (χ0n) is 7.80. The standard InChI is InChI=1S/C8H13N3O/c1-5-6(2)11(7(3)10-5)8(12)9-4/h1-4H3,(H,9,12). The molecule has 0 saturated heterocycles. The van der Waals surface area contributed by atoms with E-state index in [0.29, 0.717) is 0 Å². The van der Waals surface area contributed by atoms with Crippen molar-refractivity contribution in [1.29, 1.82) is 0 Å². The van der Waals surface area contributed by atoms with Crippen molar-refractivity contribution in [1.82, 2.24) is 14.9 Å². The third kappa shape index (κ3) is 1.20. The first-order chi connectivity index (χ1) is 5.57. The third-order valence-electron chi connectivity index (χ3n) is 1.93. The molecule has 0 spiro atoms. The first kappa shape index (κ1) is 8.77. The SMILES string of the molecule is CNC(=O)n1c(C)nc(C)c1C. The zero-order valence-corrected chi connectivity index (χ0v) is 7.80. The van der Waals surface area contributed by atoms with Crippen molar-refractivity contribution in [3.05, 3.63) is 17.2 Å². The van der Waals surface area contributed by atoms with E-state index in [-0.39, 0.29) is 6.03 Å². The fourth-order valence-corrected chi connectivity index (χ4v) is 1.19. The maximum atomic E-state index is 11.3. The molecule has 0 radical (unpaired) electrons. The van der Waals surface area contributed by atoms with Gasteiger partial charge in [-0.05, 0) is 20.8 Å². The van der Waals surface area contributed by atoms with Crippen LogP contribution in [0.15, 0.2) is 0 Å². The number of hydrogen-bond acceptors (Lipinski definition) is 2. The molecule has 1 amide bonds. The number of nitrogens with zero attached hydrogens (tertiary/aromatic N) is 2. The summed E-state index contributed by atoms with van der Waals surface area (Å²) in [6.45, 7) is 5.58. The van der Waals surface area contributed by atoms with Gasteiger partial charge in [-0.1, -0.05) is 0 Å². The second-order valence-electron chi connectivity index (χ2n) is 2.72. The first-order valence-electron chi connectivity index (χ1n) is 3.82. The maximum absolute atomic E-state index is 11.3. The number of aryl methyl sites for hydroxylation is 2. The monoisotopic (exact) mass is 167 g/mol. The van der Waals surface area contributed by atoms with Gasteiger partial charge in [0.2, 0.25) is 0 Å². The summed E-state index contributed by atoms with van der Waals surface area (Å²) in [6.07, 6.45) is 0. The van der Waals surface area contributed by atoms with E-state index in [1.165, 1.54) is 0 Å². The molecular formula is C8H13N3O. The van der Waals surface area contributed by atoms with Crippen molar-refractivity contribution in [2.45, 2.75) is 20.8 Å². The largest absolute Gasteiger partial charge is 0.340 e. The van der Waals surface area contributed by atoms with Gasteiger partial charge in [0.05, 0.1) is 5.69 Å². The normalized spacial score (nSPS) is 10.0. The van der Waals surface area contributed by atoms with Crippen LogP contribution in [0, 0.1) is 20.8 Å². The van der Waals surface area contributed by atoms with E-state index >= 15 is 0 Å². The van der Waals surface area contributed by atoms with Crippen LogP contribution < -0.4 is 5.32 Å². The predicted octanol–water partition coefficient (Wildman–Crippen LogP) is 0.996. The van der Waals surface area contributed by atoms with E-state index in [4.69, 9.17) is 0 Å². The summed E-state index contributed by atoms with van der Waals surface area (Å²) in [5.74, 6) is 0.726. The van der Waals surface area contributed by atoms with Crippen molar-refractivity contribution in [2.24, 2.45) is 0 Å². The average molecular weight is 167 g/mol. The smallest absolute Gasteiger partial charge is 0.326 e. The quantitative estimate of drug-likeness (QED) is 0.626. The number of nitrogens with one attached hydrogen (secondary N) is 1. The molecule has 4 heteroatoms. The molecule has 1 heterocycles. The highest BCUT2D eigenvalue weighted by Gasteiger charge is 2.11. The summed E-state index contributed by atoms with van der Waals surface area (Å²) in [4.78, 5) is 15.5. The van der Waals surface area contributed by atoms with Gasteiger partial charge in [-0.3, -0.25) is 4.57 Å². The van der Waals surface area contributed by atoms with E-state index in [1.54, 1.807) is 11.6 Å². The van der Waals surface area contributed by atoms with Crippen LogP contribution in [0.25, 0.3) is 0 Å². The van der Waals surface area contributed by atoms with Crippen LogP contribution in [0.2, 0.25) is 0 Å². The average Bonchev–Trinajstić information content (AvgIpc) is 2.26. The van der Waals surface area contributed by atoms with Gasteiger partial charge in [0, 0.05) is 12.7 Å². The van der Waals surface area contributed by atoms with Gasteiger partial charge in [0.1, 0.15) is 5.82 Å². The molecule has 1 rings (SSSR count). The molecule has 0 bridgehead atoms. The predicted molar refractivity (Wildman–Crippen MR) is 46.3 cm³/mol. The molecule has 1 aromatic rings. The number of carbonyl (C=O) groups excluding carboxylic acids is 1. The Hall–Kier alpha value is -1.32. The van der Waals surface area contributed by atoms with Crippen molar-refractivity contribution in [3.8, 4) is 0 Å². The van der Waals surface area contributed by atoms with E-state index < -0.39 is 0 Å². The lowest BCUT2D eigenvalue weighted by atomic mass is 10.4. The molecular weight excluding hydrogens is 154 g/mol. The second-order valence-corrected chi connectivity index (χ2v) is 2.72. The minimum atomic E-state index is -0.134. The number of hydrogen-bond donors (Lipinski definition) is 1. The minimum Gasteiger partial charge on any atom is -0.340 e. The summed E-state index contributed by atoms with van der Waals surface area (Å²) in [7, 11) is 1.61. The van der Waals surface area contributed by atoms with Gasteiger partial charge < -0.3 is 5.32 Å². The van der Waals surface area contributed by atoms with Gasteiger partial charge >= 0.3 is 6.03 Å². The molecule has 66 valence electrons. The molecule has 4 nitrogen and oxygen atoms in total. The van der Waals surface area contributed by atoms with Crippen molar-refractivity contribution in [2.75, 3.05) is 7.05 Å². The lowest BCUT2D eigenvalue weighted by Gasteiger charge is -2.04. The molecule has 1 aromatic heterocycles. The van der Waals surface area contributed by atoms with E-state index in [1.807, 2.05) is 20.8 Å². The van der Waals surface area contributed by atoms with Crippen molar-refractivity contribution < 1.29 is 4.79 Å². The summed E-state index contributed by atoms with van der Waals surface area (Å²) >= 11 is 0. The molecule has 12 heavy (non-hydrogen) atoms. The highest BCUT2D eigenvalue weighted by atomic mass is 16.2. The van der Waals surface area contributed by atoms with Crippen molar-refractivity contribution >= 4 is 6.03 Å². The number of rotatable bonds is 0. The fourth-order valence-electron chi connectivity index (χ4n) is 1.19. The lowest BCUT2D eigenvalue weighted by Crippen LogP contribution is -2.26. The molecule has 0 unspecified atom stereocenters. The van der Waals surface area contributed by atoms with E-state index in [9.17, 15) is 4.79 Å². The first-order valence-corrected chi connectivity index (χ1v) is 3.82. The van der Waals surface area contributed by atoms with Crippen LogP contribution in [0.5, 0.6) is 0 Å². The highest BCUT2D eigenvalue weighted by molar-refractivity contribution is 5.78. The molecule has 0 saturated carbocycles. The number of aromatic nitrogens is 2. The molecule has 0 fully saturated rings. The third-order valence-corrected chi connectivity index (χ3v) is 1.93. The summed E-state index contributed by atoms with van der Waals surface area (Å²) in [6, 6.07) is -0.134. The molecule has 0 aromatic carbocycles. The Morgan fingerprint density at radius 2 is 2.00 bits per heavy atom. The summed E-state index contributed by atoms with van der Waals surface area (Å²) in [5, 5.41) is 2.56. The summed E-state index contributed by atoms with van der Waals surface area (Å²) in [5.41, 5.74) is 1.79. The van der Waals surface area contributed by atoms with Crippen LogP contribution in [-0.2, 0) is 0 Å². The Balaban J connectivity index is 3.22. The number of amides is 1. The maximum Gasteiger partial charge on any atom is 0.326 e. The Morgan fingerprint density at radius 1 is 1.42 bits per heavy atom. The van der Waals surface area contributed by atoms with Gasteiger partial charge in [-0.25, -0.2) is 9.78 Å². The Morgan fingerprint density at radius 3 is 2.33 bits per heavy atom. The van der Waals surface area contributed by atoms with Crippen LogP contribution in [0.4, 0.5) is 4.79 Å². The number of carbonyl (C=O) groups is 1. The molecule has 0 aliphatic heterocycles. The van der Waals surface area contributed by atoms with E-state index in [0.717, 1.165) is 17.2 Å². The highest BCUT2D eigenvalue weighted by Crippen LogP contribution is 2.07. The Labute approximate surface area is 71.6 Å². The van der Waals surface area contributed by atoms with E-state index in [2.05, 4.69) is 10.3 Å². The van der Waals surface area contributed by atoms with Crippen LogP contribution in [-0.4, -0.2) is 22.6 Å². The Kier molecular flexibility index (Phi) is 2.17. The van der Waals surface area contributed by atoms with Gasteiger partial charge in [-0.15, -0.1) is 0 Å². The van der Waals surface area contributed by atoms with Crippen LogP contribution in [0.1, 0.15) is 17.2 Å². The second kappa shape index (κ2) is 2.97. The fraction of sp³-hybridized carbons (Fsp3) is 0.500. The molecule has 0 atom stereocenters. The van der Waals surface area contributed by atoms with Gasteiger partial charge in [-0.2, -0.15) is 0 Å². The summed E-state index contributed by atoms with van der Waals surface area (Å²) < 4.78 is 1.56. The Bertz CT molecular complexity index is 314. The topological polar surface area (TPSA) is 46.9 Å². The molecule has 0 aliphatic carbocycles.